The zero-order valence-electron chi connectivity index (χ0n) is 13.4. The van der Waals surface area contributed by atoms with Gasteiger partial charge in [0.15, 0.2) is 5.69 Å². The fraction of sp³-hybridized carbons (Fsp3) is 0.412. The first-order chi connectivity index (χ1) is 11.1. The Morgan fingerprint density at radius 1 is 1.39 bits per heavy atom. The second kappa shape index (κ2) is 6.84. The standard InChI is InChI=1S/C17H21BrN4O/c1-12-9-16(17(23)21-8-7-13(11-21)10-19-2)20-22(12)15-5-3-14(18)4-6-15/h3-6,9,13,19H,7-8,10-11H2,1-2H3/t13-/m1/s1. The molecule has 1 aliphatic heterocycles. The molecule has 1 fully saturated rings. The first-order valence-electron chi connectivity index (χ1n) is 7.85. The Hall–Kier alpha value is -1.66. The zero-order valence-corrected chi connectivity index (χ0v) is 15.0. The average molecular weight is 377 g/mol. The molecule has 6 heteroatoms. The van der Waals surface area contributed by atoms with Gasteiger partial charge in [-0.05, 0) is 63.2 Å². The van der Waals surface area contributed by atoms with Crippen LogP contribution in [0.15, 0.2) is 34.8 Å². The number of carbonyl (C=O) groups is 1. The molecule has 1 aromatic carbocycles. The Kier molecular flexibility index (Phi) is 4.82. The lowest BCUT2D eigenvalue weighted by Gasteiger charge is -2.15. The molecular formula is C17H21BrN4O. The molecular weight excluding hydrogens is 356 g/mol. The summed E-state index contributed by atoms with van der Waals surface area (Å²) >= 11 is 3.43. The first kappa shape index (κ1) is 16.2. The van der Waals surface area contributed by atoms with Crippen molar-refractivity contribution >= 4 is 21.8 Å². The molecule has 1 saturated heterocycles. The number of aromatic nitrogens is 2. The minimum Gasteiger partial charge on any atom is -0.337 e. The lowest BCUT2D eigenvalue weighted by atomic mass is 10.1. The van der Waals surface area contributed by atoms with Crippen LogP contribution < -0.4 is 5.32 Å². The van der Waals surface area contributed by atoms with Gasteiger partial charge < -0.3 is 10.2 Å². The molecule has 1 N–H and O–H groups in total. The summed E-state index contributed by atoms with van der Waals surface area (Å²) < 4.78 is 2.84. The number of nitrogens with one attached hydrogen (secondary N) is 1. The summed E-state index contributed by atoms with van der Waals surface area (Å²) in [6, 6.07) is 9.78. The molecule has 0 aliphatic carbocycles. The Bertz CT molecular complexity index is 695. The van der Waals surface area contributed by atoms with E-state index in [9.17, 15) is 4.79 Å². The van der Waals surface area contributed by atoms with Crippen LogP contribution in [0, 0.1) is 12.8 Å². The van der Waals surface area contributed by atoms with Gasteiger partial charge in [0.1, 0.15) is 0 Å². The predicted octanol–water partition coefficient (Wildman–Crippen LogP) is 2.62. The molecule has 1 amide bonds. The van der Waals surface area contributed by atoms with Crippen LogP contribution in [0.2, 0.25) is 0 Å². The monoisotopic (exact) mass is 376 g/mol. The van der Waals surface area contributed by atoms with Crippen molar-refractivity contribution in [2.45, 2.75) is 13.3 Å². The van der Waals surface area contributed by atoms with Gasteiger partial charge in [-0.15, -0.1) is 0 Å². The fourth-order valence-electron chi connectivity index (χ4n) is 3.06. The summed E-state index contributed by atoms with van der Waals surface area (Å²) in [4.78, 5) is 14.6. The van der Waals surface area contributed by atoms with Crippen molar-refractivity contribution < 1.29 is 4.79 Å². The topological polar surface area (TPSA) is 50.2 Å². The second-order valence-electron chi connectivity index (χ2n) is 6.02. The van der Waals surface area contributed by atoms with Crippen LogP contribution in [0.25, 0.3) is 5.69 Å². The highest BCUT2D eigenvalue weighted by Gasteiger charge is 2.28. The van der Waals surface area contributed by atoms with Crippen LogP contribution >= 0.6 is 15.9 Å². The lowest BCUT2D eigenvalue weighted by Crippen LogP contribution is -2.30. The van der Waals surface area contributed by atoms with E-state index in [2.05, 4.69) is 26.3 Å². The van der Waals surface area contributed by atoms with Crippen molar-refractivity contribution in [1.29, 1.82) is 0 Å². The van der Waals surface area contributed by atoms with E-state index < -0.39 is 0 Å². The van der Waals surface area contributed by atoms with Crippen LogP contribution in [0.5, 0.6) is 0 Å². The van der Waals surface area contributed by atoms with E-state index in [1.54, 1.807) is 0 Å². The number of hydrogen-bond acceptors (Lipinski definition) is 3. The lowest BCUT2D eigenvalue weighted by molar-refractivity contribution is 0.0781. The fourth-order valence-corrected chi connectivity index (χ4v) is 3.32. The van der Waals surface area contributed by atoms with Crippen LogP contribution in [0.1, 0.15) is 22.6 Å². The third-order valence-electron chi connectivity index (χ3n) is 4.24. The van der Waals surface area contributed by atoms with Crippen molar-refractivity contribution in [3.8, 4) is 5.69 Å². The summed E-state index contributed by atoms with van der Waals surface area (Å²) in [6.07, 6.45) is 1.05. The van der Waals surface area contributed by atoms with Gasteiger partial charge in [0.25, 0.3) is 5.91 Å². The molecule has 1 aromatic heterocycles. The van der Waals surface area contributed by atoms with E-state index in [0.29, 0.717) is 11.6 Å². The molecule has 5 nitrogen and oxygen atoms in total. The first-order valence-corrected chi connectivity index (χ1v) is 8.64. The number of likely N-dealkylation sites (tertiary alicyclic amines) is 1. The van der Waals surface area contributed by atoms with E-state index in [4.69, 9.17) is 0 Å². The minimum absolute atomic E-state index is 0.0302. The molecule has 3 rings (SSSR count). The van der Waals surface area contributed by atoms with Crippen molar-refractivity contribution in [3.63, 3.8) is 0 Å². The highest BCUT2D eigenvalue weighted by atomic mass is 79.9. The van der Waals surface area contributed by atoms with Crippen molar-refractivity contribution in [2.75, 3.05) is 26.7 Å². The maximum Gasteiger partial charge on any atom is 0.274 e. The van der Waals surface area contributed by atoms with Gasteiger partial charge in [-0.25, -0.2) is 4.68 Å². The minimum atomic E-state index is 0.0302. The van der Waals surface area contributed by atoms with Gasteiger partial charge in [-0.3, -0.25) is 4.79 Å². The Morgan fingerprint density at radius 2 is 2.13 bits per heavy atom. The summed E-state index contributed by atoms with van der Waals surface area (Å²) in [5.41, 5.74) is 2.44. The molecule has 2 heterocycles. The number of hydrogen-bond donors (Lipinski definition) is 1. The van der Waals surface area contributed by atoms with Crippen LogP contribution in [-0.4, -0.2) is 47.3 Å². The van der Waals surface area contributed by atoms with Gasteiger partial charge in [0.05, 0.1) is 5.69 Å². The van der Waals surface area contributed by atoms with Crippen molar-refractivity contribution in [2.24, 2.45) is 5.92 Å². The Labute approximate surface area is 144 Å². The molecule has 0 saturated carbocycles. The maximum atomic E-state index is 12.7. The molecule has 1 aliphatic rings. The number of halogens is 1. The number of benzene rings is 1. The van der Waals surface area contributed by atoms with E-state index in [-0.39, 0.29) is 5.91 Å². The van der Waals surface area contributed by atoms with E-state index in [1.165, 1.54) is 0 Å². The number of amides is 1. The van der Waals surface area contributed by atoms with Crippen LogP contribution in [0.4, 0.5) is 0 Å². The predicted molar refractivity (Wildman–Crippen MR) is 93.9 cm³/mol. The van der Waals surface area contributed by atoms with Crippen molar-refractivity contribution in [1.82, 2.24) is 20.0 Å². The van der Waals surface area contributed by atoms with Crippen molar-refractivity contribution in [3.05, 3.63) is 46.2 Å². The number of nitrogens with zero attached hydrogens (tertiary/aromatic N) is 3. The normalized spacial score (nSPS) is 17.7. The van der Waals surface area contributed by atoms with Crippen LogP contribution in [0.3, 0.4) is 0 Å². The highest BCUT2D eigenvalue weighted by Crippen LogP contribution is 2.20. The van der Waals surface area contributed by atoms with Gasteiger partial charge in [-0.2, -0.15) is 5.10 Å². The maximum absolute atomic E-state index is 12.7. The van der Waals surface area contributed by atoms with Gasteiger partial charge in [0.2, 0.25) is 0 Å². The van der Waals surface area contributed by atoms with Gasteiger partial charge >= 0.3 is 0 Å². The number of aryl methyl sites for hydroxylation is 1. The van der Waals surface area contributed by atoms with E-state index in [1.807, 2.05) is 53.9 Å². The molecule has 23 heavy (non-hydrogen) atoms. The molecule has 0 spiro atoms. The van der Waals surface area contributed by atoms with Gasteiger partial charge in [0, 0.05) is 23.3 Å². The summed E-state index contributed by atoms with van der Waals surface area (Å²) in [5, 5.41) is 7.71. The summed E-state index contributed by atoms with van der Waals surface area (Å²) in [7, 11) is 1.95. The quantitative estimate of drug-likeness (QED) is 0.891. The molecule has 0 bridgehead atoms. The third kappa shape index (κ3) is 3.48. The number of rotatable bonds is 4. The van der Waals surface area contributed by atoms with E-state index >= 15 is 0 Å². The zero-order chi connectivity index (χ0) is 16.4. The molecule has 1 atom stereocenters. The molecule has 122 valence electrons. The van der Waals surface area contributed by atoms with Gasteiger partial charge in [-0.1, -0.05) is 15.9 Å². The third-order valence-corrected chi connectivity index (χ3v) is 4.77. The SMILES string of the molecule is CNC[C@H]1CCN(C(=O)c2cc(C)n(-c3ccc(Br)cc3)n2)C1. The Morgan fingerprint density at radius 3 is 2.83 bits per heavy atom. The largest absolute Gasteiger partial charge is 0.337 e. The Balaban J connectivity index is 1.78. The average Bonchev–Trinajstić information content (AvgIpc) is 3.15. The van der Waals surface area contributed by atoms with E-state index in [0.717, 1.165) is 41.9 Å². The summed E-state index contributed by atoms with van der Waals surface area (Å²) in [6.45, 7) is 4.55. The molecule has 0 unspecified atom stereocenters. The number of carbonyl (C=O) groups excluding carboxylic acids is 1. The molecule has 0 radical (unpaired) electrons. The second-order valence-corrected chi connectivity index (χ2v) is 6.94. The molecule has 2 aromatic rings. The smallest absolute Gasteiger partial charge is 0.274 e. The van der Waals surface area contributed by atoms with Crippen LogP contribution in [-0.2, 0) is 0 Å². The highest BCUT2D eigenvalue weighted by molar-refractivity contribution is 9.10. The summed E-state index contributed by atoms with van der Waals surface area (Å²) in [5.74, 6) is 0.571.